The quantitative estimate of drug-likeness (QED) is 0.750. The molecule has 0 heterocycles. The zero-order chi connectivity index (χ0) is 13.0. The van der Waals surface area contributed by atoms with Gasteiger partial charge in [-0.1, -0.05) is 17.8 Å². The van der Waals surface area contributed by atoms with Gasteiger partial charge in [-0.15, -0.1) is 11.6 Å². The summed E-state index contributed by atoms with van der Waals surface area (Å²) in [5.41, 5.74) is 1.03. The molecule has 2 rings (SSSR count). The van der Waals surface area contributed by atoms with Gasteiger partial charge in [0.15, 0.2) is 0 Å². The molecule has 0 aromatic heterocycles. The van der Waals surface area contributed by atoms with Crippen LogP contribution in [-0.2, 0) is 5.88 Å². The molecule has 0 N–H and O–H groups in total. The minimum atomic E-state index is -0.234. The van der Waals surface area contributed by atoms with Gasteiger partial charge in [0, 0.05) is 15.7 Å². The monoisotopic (exact) mass is 282 g/mol. The molecule has 0 saturated carbocycles. The van der Waals surface area contributed by atoms with Gasteiger partial charge >= 0.3 is 0 Å². The molecule has 94 valence electrons. The molecule has 0 spiro atoms. The number of alkyl halides is 1. The van der Waals surface area contributed by atoms with Crippen molar-refractivity contribution in [2.75, 3.05) is 7.11 Å². The normalized spacial score (nSPS) is 10.4. The third-order valence-corrected chi connectivity index (χ3v) is 3.86. The maximum atomic E-state index is 12.8. The van der Waals surface area contributed by atoms with E-state index in [1.165, 1.54) is 12.1 Å². The number of hydrogen-bond acceptors (Lipinski definition) is 2. The van der Waals surface area contributed by atoms with Gasteiger partial charge in [0.25, 0.3) is 0 Å². The van der Waals surface area contributed by atoms with E-state index in [-0.39, 0.29) is 5.82 Å². The molecule has 18 heavy (non-hydrogen) atoms. The molecule has 0 aliphatic heterocycles. The lowest BCUT2D eigenvalue weighted by Crippen LogP contribution is -1.88. The number of hydrogen-bond donors (Lipinski definition) is 0. The summed E-state index contributed by atoms with van der Waals surface area (Å²) in [5.74, 6) is 0.990. The van der Waals surface area contributed by atoms with Gasteiger partial charge in [-0.05, 0) is 42.0 Å². The van der Waals surface area contributed by atoms with Crippen molar-refractivity contribution in [3.8, 4) is 5.75 Å². The molecule has 0 atom stereocenters. The summed E-state index contributed by atoms with van der Waals surface area (Å²) in [4.78, 5) is 1.99. The molecule has 0 bridgehead atoms. The Bertz CT molecular complexity index is 528. The summed E-state index contributed by atoms with van der Waals surface area (Å²) in [6, 6.07) is 12.1. The summed E-state index contributed by atoms with van der Waals surface area (Å²) in [7, 11) is 1.63. The minimum Gasteiger partial charge on any atom is -0.497 e. The maximum absolute atomic E-state index is 12.8. The first-order chi connectivity index (χ1) is 8.72. The van der Waals surface area contributed by atoms with Crippen LogP contribution < -0.4 is 4.74 Å². The summed E-state index contributed by atoms with van der Waals surface area (Å²) in [6.45, 7) is 0. The standard InChI is InChI=1S/C14H12ClFOS/c1-17-12-5-2-10(9-15)14(8-12)18-13-6-3-11(16)4-7-13/h2-8H,9H2,1H3. The number of halogens is 2. The van der Waals surface area contributed by atoms with E-state index in [0.29, 0.717) is 5.88 Å². The fourth-order valence-corrected chi connectivity index (χ4v) is 2.78. The van der Waals surface area contributed by atoms with Crippen LogP contribution in [0.25, 0.3) is 0 Å². The van der Waals surface area contributed by atoms with Crippen LogP contribution >= 0.6 is 23.4 Å². The van der Waals surface area contributed by atoms with Crippen molar-refractivity contribution in [1.29, 1.82) is 0 Å². The van der Waals surface area contributed by atoms with E-state index in [2.05, 4.69) is 0 Å². The highest BCUT2D eigenvalue weighted by Gasteiger charge is 2.06. The number of benzene rings is 2. The second kappa shape index (κ2) is 6.12. The summed E-state index contributed by atoms with van der Waals surface area (Å²) in [6.07, 6.45) is 0. The first kappa shape index (κ1) is 13.2. The topological polar surface area (TPSA) is 9.23 Å². The van der Waals surface area contributed by atoms with Crippen LogP contribution in [0.3, 0.4) is 0 Å². The van der Waals surface area contributed by atoms with Crippen LogP contribution in [0.15, 0.2) is 52.3 Å². The lowest BCUT2D eigenvalue weighted by molar-refractivity contribution is 0.413. The summed E-state index contributed by atoms with van der Waals surface area (Å²) in [5, 5.41) is 0. The lowest BCUT2D eigenvalue weighted by atomic mass is 10.2. The molecule has 1 nitrogen and oxygen atoms in total. The average Bonchev–Trinajstić information content (AvgIpc) is 2.41. The van der Waals surface area contributed by atoms with Gasteiger partial charge in [0.2, 0.25) is 0 Å². The van der Waals surface area contributed by atoms with E-state index in [4.69, 9.17) is 16.3 Å². The smallest absolute Gasteiger partial charge is 0.123 e. The molecule has 0 radical (unpaired) electrons. The zero-order valence-electron chi connectivity index (χ0n) is 9.82. The lowest BCUT2D eigenvalue weighted by Gasteiger charge is -2.09. The predicted molar refractivity (Wildman–Crippen MR) is 73.1 cm³/mol. The molecule has 0 saturated heterocycles. The van der Waals surface area contributed by atoms with E-state index in [9.17, 15) is 4.39 Å². The van der Waals surface area contributed by atoms with Crippen LogP contribution in [0.5, 0.6) is 5.75 Å². The van der Waals surface area contributed by atoms with E-state index >= 15 is 0 Å². The fraction of sp³-hybridized carbons (Fsp3) is 0.143. The SMILES string of the molecule is COc1ccc(CCl)c(Sc2ccc(F)cc2)c1. The predicted octanol–water partition coefficient (Wildman–Crippen LogP) is 4.72. The van der Waals surface area contributed by atoms with Crippen molar-refractivity contribution >= 4 is 23.4 Å². The van der Waals surface area contributed by atoms with Gasteiger partial charge < -0.3 is 4.74 Å². The highest BCUT2D eigenvalue weighted by Crippen LogP contribution is 2.33. The second-order valence-corrected chi connectivity index (χ2v) is 5.05. The Balaban J connectivity index is 2.29. The molecule has 2 aromatic rings. The van der Waals surface area contributed by atoms with Gasteiger partial charge in [0.05, 0.1) is 7.11 Å². The first-order valence-electron chi connectivity index (χ1n) is 5.39. The van der Waals surface area contributed by atoms with Crippen molar-refractivity contribution < 1.29 is 9.13 Å². The second-order valence-electron chi connectivity index (χ2n) is 3.66. The number of methoxy groups -OCH3 is 1. The molecule has 0 fully saturated rings. The van der Waals surface area contributed by atoms with Crippen LogP contribution in [0, 0.1) is 5.82 Å². The van der Waals surface area contributed by atoms with Crippen LogP contribution in [0.4, 0.5) is 4.39 Å². The molecular weight excluding hydrogens is 271 g/mol. The molecule has 0 aliphatic rings. The zero-order valence-corrected chi connectivity index (χ0v) is 11.4. The van der Waals surface area contributed by atoms with Crippen LogP contribution in [0.2, 0.25) is 0 Å². The van der Waals surface area contributed by atoms with Crippen molar-refractivity contribution in [2.45, 2.75) is 15.7 Å². The van der Waals surface area contributed by atoms with Crippen molar-refractivity contribution in [3.63, 3.8) is 0 Å². The third-order valence-electron chi connectivity index (χ3n) is 2.46. The molecule has 0 amide bonds. The van der Waals surface area contributed by atoms with Gasteiger partial charge in [-0.25, -0.2) is 4.39 Å². The minimum absolute atomic E-state index is 0.234. The Kier molecular flexibility index (Phi) is 4.50. The van der Waals surface area contributed by atoms with E-state index in [0.717, 1.165) is 21.1 Å². The number of rotatable bonds is 4. The summed E-state index contributed by atoms with van der Waals surface area (Å²) < 4.78 is 18.0. The molecule has 0 aliphatic carbocycles. The summed E-state index contributed by atoms with van der Waals surface area (Å²) >= 11 is 7.45. The largest absolute Gasteiger partial charge is 0.497 e. The average molecular weight is 283 g/mol. The van der Waals surface area contributed by atoms with Gasteiger partial charge in [-0.3, -0.25) is 0 Å². The Morgan fingerprint density at radius 1 is 1.17 bits per heavy atom. The molecule has 0 unspecified atom stereocenters. The molecular formula is C14H12ClFOS. The maximum Gasteiger partial charge on any atom is 0.123 e. The Morgan fingerprint density at radius 2 is 1.89 bits per heavy atom. The Hall–Kier alpha value is -1.19. The fourth-order valence-electron chi connectivity index (χ4n) is 1.50. The Labute approximate surface area is 115 Å². The van der Waals surface area contributed by atoms with E-state index < -0.39 is 0 Å². The van der Waals surface area contributed by atoms with E-state index in [1.807, 2.05) is 18.2 Å². The molecule has 2 aromatic carbocycles. The van der Waals surface area contributed by atoms with Crippen molar-refractivity contribution in [2.24, 2.45) is 0 Å². The highest BCUT2D eigenvalue weighted by molar-refractivity contribution is 7.99. The van der Waals surface area contributed by atoms with Crippen LogP contribution in [-0.4, -0.2) is 7.11 Å². The van der Waals surface area contributed by atoms with Crippen LogP contribution in [0.1, 0.15) is 5.56 Å². The Morgan fingerprint density at radius 3 is 2.50 bits per heavy atom. The van der Waals surface area contributed by atoms with E-state index in [1.54, 1.807) is 31.0 Å². The van der Waals surface area contributed by atoms with Crippen molar-refractivity contribution in [1.82, 2.24) is 0 Å². The third kappa shape index (κ3) is 3.18. The van der Waals surface area contributed by atoms with Gasteiger partial charge in [-0.2, -0.15) is 0 Å². The molecule has 4 heteroatoms. The highest BCUT2D eigenvalue weighted by atomic mass is 35.5. The van der Waals surface area contributed by atoms with Crippen molar-refractivity contribution in [3.05, 3.63) is 53.8 Å². The van der Waals surface area contributed by atoms with Gasteiger partial charge in [0.1, 0.15) is 11.6 Å². The first-order valence-corrected chi connectivity index (χ1v) is 6.74. The number of ether oxygens (including phenoxy) is 1.